The summed E-state index contributed by atoms with van der Waals surface area (Å²) in [6.45, 7) is 4.92. The summed E-state index contributed by atoms with van der Waals surface area (Å²) in [7, 11) is 0.194. The molecular formula is C13H24BrN3O3S. The fraction of sp³-hybridized carbons (Fsp3) is 0.692. The number of hydrogen-bond acceptors (Lipinski definition) is 5. The van der Waals surface area contributed by atoms with Crippen molar-refractivity contribution in [2.24, 2.45) is 11.7 Å². The molecule has 6 nitrogen and oxygen atoms in total. The van der Waals surface area contributed by atoms with Crippen LogP contribution in [-0.2, 0) is 16.6 Å². The van der Waals surface area contributed by atoms with E-state index >= 15 is 0 Å². The van der Waals surface area contributed by atoms with Crippen LogP contribution in [0.5, 0.6) is 0 Å². The first-order valence-corrected chi connectivity index (χ1v) is 9.08. The van der Waals surface area contributed by atoms with Crippen LogP contribution in [0.4, 0.5) is 0 Å². The number of nitrogens with one attached hydrogen (secondary N) is 1. The highest BCUT2D eigenvalue weighted by Gasteiger charge is 2.26. The summed E-state index contributed by atoms with van der Waals surface area (Å²) >= 11 is 3.13. The maximum absolute atomic E-state index is 12.5. The minimum atomic E-state index is -3.64. The molecule has 0 aromatic carbocycles. The Morgan fingerprint density at radius 3 is 2.48 bits per heavy atom. The Hall–Kier alpha value is -0.410. The van der Waals surface area contributed by atoms with Gasteiger partial charge >= 0.3 is 0 Å². The second-order valence-corrected chi connectivity index (χ2v) is 8.17. The van der Waals surface area contributed by atoms with Gasteiger partial charge in [0.05, 0.1) is 6.54 Å². The number of nitrogens with zero attached hydrogens (tertiary/aromatic N) is 1. The standard InChI is InChI=1S/C13H24BrN3O3S/c1-9(2)5-10(8-17(3)4)16-21(18,19)12-6-11(7-15)20-13(12)14/h6,9-10,16H,5,7-8,15H2,1-4H3. The predicted molar refractivity (Wildman–Crippen MR) is 86.4 cm³/mol. The van der Waals surface area contributed by atoms with Crippen LogP contribution in [0, 0.1) is 5.92 Å². The van der Waals surface area contributed by atoms with E-state index in [4.69, 9.17) is 10.2 Å². The zero-order chi connectivity index (χ0) is 16.2. The molecule has 122 valence electrons. The predicted octanol–water partition coefficient (Wildman–Crippen LogP) is 1.76. The van der Waals surface area contributed by atoms with Gasteiger partial charge in [0.25, 0.3) is 0 Å². The van der Waals surface area contributed by atoms with Crippen molar-refractivity contribution in [3.63, 3.8) is 0 Å². The van der Waals surface area contributed by atoms with E-state index in [1.165, 1.54) is 6.07 Å². The molecule has 0 bridgehead atoms. The van der Waals surface area contributed by atoms with Crippen molar-refractivity contribution >= 4 is 26.0 Å². The van der Waals surface area contributed by atoms with Gasteiger partial charge in [-0.15, -0.1) is 0 Å². The summed E-state index contributed by atoms with van der Waals surface area (Å²) in [5, 5.41) is 0. The lowest BCUT2D eigenvalue weighted by Crippen LogP contribution is -2.42. The molecule has 0 spiro atoms. The smallest absolute Gasteiger partial charge is 0.245 e. The van der Waals surface area contributed by atoms with E-state index in [1.807, 2.05) is 19.0 Å². The molecule has 0 amide bonds. The Morgan fingerprint density at radius 2 is 2.05 bits per heavy atom. The van der Waals surface area contributed by atoms with E-state index in [2.05, 4.69) is 34.5 Å². The van der Waals surface area contributed by atoms with Gasteiger partial charge in [0.15, 0.2) is 4.67 Å². The molecule has 21 heavy (non-hydrogen) atoms. The minimum Gasteiger partial charge on any atom is -0.452 e. The number of sulfonamides is 1. The van der Waals surface area contributed by atoms with E-state index in [0.29, 0.717) is 18.2 Å². The Morgan fingerprint density at radius 1 is 1.43 bits per heavy atom. The lowest BCUT2D eigenvalue weighted by atomic mass is 10.0. The summed E-state index contributed by atoms with van der Waals surface area (Å²) in [5.41, 5.74) is 5.47. The van der Waals surface area contributed by atoms with E-state index in [1.54, 1.807) is 0 Å². The molecule has 0 saturated carbocycles. The van der Waals surface area contributed by atoms with E-state index in [-0.39, 0.29) is 22.2 Å². The molecule has 0 aliphatic rings. The molecule has 0 radical (unpaired) electrons. The molecule has 1 aromatic rings. The fourth-order valence-corrected chi connectivity index (χ4v) is 4.37. The van der Waals surface area contributed by atoms with Crippen molar-refractivity contribution in [1.82, 2.24) is 9.62 Å². The van der Waals surface area contributed by atoms with Gasteiger partial charge in [0, 0.05) is 18.7 Å². The Kier molecular flexibility index (Phi) is 6.86. The zero-order valence-corrected chi connectivity index (χ0v) is 15.3. The number of furan rings is 1. The molecule has 0 aliphatic carbocycles. The number of likely N-dealkylation sites (N-methyl/N-ethyl adjacent to an activating group) is 1. The first-order valence-electron chi connectivity index (χ1n) is 6.81. The molecule has 1 rings (SSSR count). The van der Waals surface area contributed by atoms with Crippen molar-refractivity contribution in [2.75, 3.05) is 20.6 Å². The third-order valence-corrected chi connectivity index (χ3v) is 5.24. The van der Waals surface area contributed by atoms with Crippen molar-refractivity contribution in [3.05, 3.63) is 16.5 Å². The van der Waals surface area contributed by atoms with Crippen molar-refractivity contribution in [2.45, 2.75) is 37.8 Å². The molecule has 0 aliphatic heterocycles. The van der Waals surface area contributed by atoms with Crippen LogP contribution in [0.3, 0.4) is 0 Å². The second-order valence-electron chi connectivity index (χ2n) is 5.76. The van der Waals surface area contributed by atoms with Crippen LogP contribution in [0.2, 0.25) is 0 Å². The van der Waals surface area contributed by atoms with Gasteiger partial charge in [-0.1, -0.05) is 13.8 Å². The van der Waals surface area contributed by atoms with Crippen LogP contribution >= 0.6 is 15.9 Å². The number of nitrogens with two attached hydrogens (primary N) is 1. The highest BCUT2D eigenvalue weighted by molar-refractivity contribution is 9.10. The topological polar surface area (TPSA) is 88.6 Å². The molecule has 0 saturated heterocycles. The number of rotatable bonds is 8. The molecule has 3 N–H and O–H groups in total. The minimum absolute atomic E-state index is 0.0930. The molecule has 1 unspecified atom stereocenters. The van der Waals surface area contributed by atoms with E-state index < -0.39 is 10.0 Å². The fourth-order valence-electron chi connectivity index (χ4n) is 2.13. The maximum Gasteiger partial charge on any atom is 0.245 e. The summed E-state index contributed by atoms with van der Waals surface area (Å²) < 4.78 is 33.2. The second kappa shape index (κ2) is 7.73. The number of hydrogen-bond donors (Lipinski definition) is 2. The van der Waals surface area contributed by atoms with Crippen LogP contribution < -0.4 is 10.5 Å². The molecular weight excluding hydrogens is 358 g/mol. The van der Waals surface area contributed by atoms with Crippen LogP contribution in [0.25, 0.3) is 0 Å². The largest absolute Gasteiger partial charge is 0.452 e. The van der Waals surface area contributed by atoms with Gasteiger partial charge in [-0.25, -0.2) is 13.1 Å². The first kappa shape index (κ1) is 18.6. The quantitative estimate of drug-likeness (QED) is 0.715. The average molecular weight is 382 g/mol. The third kappa shape index (κ3) is 5.71. The van der Waals surface area contributed by atoms with Gasteiger partial charge in [-0.2, -0.15) is 0 Å². The van der Waals surface area contributed by atoms with Crippen LogP contribution in [0.15, 0.2) is 20.0 Å². The van der Waals surface area contributed by atoms with E-state index in [0.717, 1.165) is 6.42 Å². The molecule has 1 atom stereocenters. The lowest BCUT2D eigenvalue weighted by molar-refractivity contribution is 0.329. The monoisotopic (exact) mass is 381 g/mol. The summed E-state index contributed by atoms with van der Waals surface area (Å²) in [5.74, 6) is 0.820. The number of halogens is 1. The van der Waals surface area contributed by atoms with Crippen molar-refractivity contribution < 1.29 is 12.8 Å². The van der Waals surface area contributed by atoms with E-state index in [9.17, 15) is 8.42 Å². The molecule has 1 aromatic heterocycles. The SMILES string of the molecule is CC(C)CC(CN(C)C)NS(=O)(=O)c1cc(CN)oc1Br. The van der Waals surface area contributed by atoms with Crippen LogP contribution in [-0.4, -0.2) is 40.0 Å². The average Bonchev–Trinajstić information content (AvgIpc) is 2.68. The van der Waals surface area contributed by atoms with Gasteiger partial charge in [0.1, 0.15) is 10.7 Å². The highest BCUT2D eigenvalue weighted by atomic mass is 79.9. The summed E-state index contributed by atoms with van der Waals surface area (Å²) in [4.78, 5) is 2.06. The van der Waals surface area contributed by atoms with Crippen LogP contribution in [0.1, 0.15) is 26.0 Å². The highest BCUT2D eigenvalue weighted by Crippen LogP contribution is 2.26. The summed E-state index contributed by atoms with van der Waals surface area (Å²) in [6.07, 6.45) is 0.761. The summed E-state index contributed by atoms with van der Waals surface area (Å²) in [6, 6.07) is 1.29. The van der Waals surface area contributed by atoms with Gasteiger partial charge in [-0.05, 0) is 42.4 Å². The van der Waals surface area contributed by atoms with Crippen molar-refractivity contribution in [3.8, 4) is 0 Å². The van der Waals surface area contributed by atoms with Gasteiger partial charge in [0.2, 0.25) is 10.0 Å². The zero-order valence-electron chi connectivity index (χ0n) is 12.9. The molecule has 8 heteroatoms. The van der Waals surface area contributed by atoms with Gasteiger partial charge < -0.3 is 15.1 Å². The Bertz CT molecular complexity index is 545. The van der Waals surface area contributed by atoms with Crippen molar-refractivity contribution in [1.29, 1.82) is 0 Å². The Balaban J connectivity index is 2.96. The Labute approximate surface area is 135 Å². The molecule has 0 fully saturated rings. The molecule has 1 heterocycles. The maximum atomic E-state index is 12.5. The van der Waals surface area contributed by atoms with Gasteiger partial charge in [-0.3, -0.25) is 0 Å². The lowest BCUT2D eigenvalue weighted by Gasteiger charge is -2.23. The third-order valence-electron chi connectivity index (χ3n) is 2.86. The first-order chi connectivity index (χ1) is 9.65. The normalized spacial score (nSPS) is 14.1.